The number of carbonyl (C=O) groups excluding carboxylic acids is 1. The minimum absolute atomic E-state index is 0.0515. The summed E-state index contributed by atoms with van der Waals surface area (Å²) < 4.78 is 5.81. The Labute approximate surface area is 188 Å². The minimum atomic E-state index is -0.199. The molecule has 1 aliphatic rings. The van der Waals surface area contributed by atoms with Crippen LogP contribution in [-0.2, 0) is 17.8 Å². The Morgan fingerprint density at radius 3 is 2.73 bits per heavy atom. The fourth-order valence-electron chi connectivity index (χ4n) is 3.34. The van der Waals surface area contributed by atoms with Gasteiger partial charge >= 0.3 is 6.03 Å². The molecule has 0 aliphatic carbocycles. The fraction of sp³-hybridized carbons (Fsp3) is 0.409. The Hall–Kier alpha value is -1.99. The van der Waals surface area contributed by atoms with E-state index < -0.39 is 0 Å². The molecule has 0 bridgehead atoms. The lowest BCUT2D eigenvalue weighted by Crippen LogP contribution is -2.48. The quantitative estimate of drug-likeness (QED) is 0.673. The van der Waals surface area contributed by atoms with E-state index in [4.69, 9.17) is 27.9 Å². The van der Waals surface area contributed by atoms with Gasteiger partial charge in [-0.3, -0.25) is 4.90 Å². The van der Waals surface area contributed by atoms with Gasteiger partial charge in [0.05, 0.1) is 22.8 Å². The lowest BCUT2D eigenvalue weighted by atomic mass is 10.2. The third kappa shape index (κ3) is 6.77. The summed E-state index contributed by atoms with van der Waals surface area (Å²) >= 11 is 12.1. The van der Waals surface area contributed by atoms with E-state index in [2.05, 4.69) is 21.6 Å². The van der Waals surface area contributed by atoms with Crippen molar-refractivity contribution >= 4 is 34.9 Å². The van der Waals surface area contributed by atoms with Crippen LogP contribution in [0.3, 0.4) is 0 Å². The van der Waals surface area contributed by atoms with Gasteiger partial charge in [0.2, 0.25) is 0 Å². The van der Waals surface area contributed by atoms with Crippen molar-refractivity contribution in [1.29, 1.82) is 0 Å². The number of anilines is 1. The maximum Gasteiger partial charge on any atom is 0.315 e. The molecule has 3 rings (SSSR count). The van der Waals surface area contributed by atoms with Crippen molar-refractivity contribution in [2.24, 2.45) is 0 Å². The van der Waals surface area contributed by atoms with E-state index >= 15 is 0 Å². The Morgan fingerprint density at radius 2 is 1.97 bits per heavy atom. The molecular formula is C22H28Cl2N4O2. The molecule has 1 unspecified atom stereocenters. The third-order valence-electron chi connectivity index (χ3n) is 4.98. The van der Waals surface area contributed by atoms with Crippen LogP contribution in [-0.4, -0.2) is 57.4 Å². The molecule has 2 N–H and O–H groups in total. The highest BCUT2D eigenvalue weighted by Gasteiger charge is 2.21. The molecule has 1 fully saturated rings. The van der Waals surface area contributed by atoms with E-state index in [0.717, 1.165) is 36.4 Å². The van der Waals surface area contributed by atoms with Crippen LogP contribution in [0.2, 0.25) is 10.0 Å². The molecule has 1 atom stereocenters. The molecule has 2 aromatic rings. The van der Waals surface area contributed by atoms with Crippen LogP contribution < -0.4 is 15.5 Å². The number of hydrogen-bond donors (Lipinski definition) is 2. The first-order valence-corrected chi connectivity index (χ1v) is 10.7. The molecule has 0 aromatic heterocycles. The Morgan fingerprint density at radius 1 is 1.13 bits per heavy atom. The number of rotatable bonds is 7. The van der Waals surface area contributed by atoms with E-state index in [0.29, 0.717) is 29.7 Å². The first kappa shape index (κ1) is 22.7. The first-order chi connectivity index (χ1) is 14.4. The number of nitrogens with one attached hydrogen (secondary N) is 2. The Bertz CT molecular complexity index is 863. The van der Waals surface area contributed by atoms with Crippen LogP contribution in [0.4, 0.5) is 10.5 Å². The van der Waals surface area contributed by atoms with Gasteiger partial charge < -0.3 is 20.3 Å². The molecule has 1 aliphatic heterocycles. The molecule has 0 saturated carbocycles. The van der Waals surface area contributed by atoms with E-state index in [9.17, 15) is 4.79 Å². The van der Waals surface area contributed by atoms with Crippen LogP contribution in [0.1, 0.15) is 11.1 Å². The van der Waals surface area contributed by atoms with Crippen LogP contribution in [0.5, 0.6) is 0 Å². The summed E-state index contributed by atoms with van der Waals surface area (Å²) in [5, 5.41) is 6.94. The highest BCUT2D eigenvalue weighted by atomic mass is 35.5. The summed E-state index contributed by atoms with van der Waals surface area (Å²) in [5.74, 6) is 0. The average molecular weight is 451 g/mol. The average Bonchev–Trinajstić information content (AvgIpc) is 2.74. The Balaban J connectivity index is 1.42. The van der Waals surface area contributed by atoms with Gasteiger partial charge in [0.1, 0.15) is 0 Å². The largest absolute Gasteiger partial charge is 0.378 e. The van der Waals surface area contributed by atoms with E-state index in [1.807, 2.05) is 55.4 Å². The van der Waals surface area contributed by atoms with Gasteiger partial charge in [-0.05, 0) is 35.4 Å². The van der Waals surface area contributed by atoms with E-state index in [1.54, 1.807) is 0 Å². The maximum absolute atomic E-state index is 12.2. The molecule has 30 heavy (non-hydrogen) atoms. The van der Waals surface area contributed by atoms with Gasteiger partial charge in [0.25, 0.3) is 0 Å². The van der Waals surface area contributed by atoms with Crippen molar-refractivity contribution in [2.75, 3.05) is 45.2 Å². The highest BCUT2D eigenvalue weighted by Crippen LogP contribution is 2.23. The number of ether oxygens (including phenoxy) is 1. The molecule has 162 valence electrons. The lowest BCUT2D eigenvalue weighted by Gasteiger charge is -2.33. The topological polar surface area (TPSA) is 56.8 Å². The Kier molecular flexibility index (Phi) is 8.22. The summed E-state index contributed by atoms with van der Waals surface area (Å²) in [6.45, 7) is 3.91. The smallest absolute Gasteiger partial charge is 0.315 e. The van der Waals surface area contributed by atoms with Gasteiger partial charge in [-0.1, -0.05) is 41.4 Å². The number of hydrogen-bond acceptors (Lipinski definition) is 4. The monoisotopic (exact) mass is 450 g/mol. The van der Waals surface area contributed by atoms with E-state index in [-0.39, 0.29) is 12.1 Å². The van der Waals surface area contributed by atoms with Crippen molar-refractivity contribution in [1.82, 2.24) is 15.5 Å². The van der Waals surface area contributed by atoms with Crippen molar-refractivity contribution in [3.8, 4) is 0 Å². The number of benzene rings is 2. The van der Waals surface area contributed by atoms with Crippen molar-refractivity contribution < 1.29 is 9.53 Å². The molecule has 2 aromatic carbocycles. The minimum Gasteiger partial charge on any atom is -0.378 e. The summed E-state index contributed by atoms with van der Waals surface area (Å²) in [4.78, 5) is 16.5. The molecule has 2 amide bonds. The van der Waals surface area contributed by atoms with E-state index in [1.165, 1.54) is 0 Å². The summed E-state index contributed by atoms with van der Waals surface area (Å²) in [6, 6.07) is 13.6. The summed E-state index contributed by atoms with van der Waals surface area (Å²) in [7, 11) is 3.99. The number of urea groups is 1. The zero-order valence-corrected chi connectivity index (χ0v) is 18.8. The lowest BCUT2D eigenvalue weighted by molar-refractivity contribution is -0.0287. The SMILES string of the molecule is CN(C)c1cccc(CNC(=O)NCC2CN(Cc3ccc(Cl)c(Cl)c3)CCO2)c1. The molecule has 0 spiro atoms. The van der Waals surface area contributed by atoms with Gasteiger partial charge in [0, 0.05) is 52.5 Å². The van der Waals surface area contributed by atoms with Gasteiger partial charge in [-0.15, -0.1) is 0 Å². The zero-order valence-electron chi connectivity index (χ0n) is 17.3. The summed E-state index contributed by atoms with van der Waals surface area (Å²) in [6.07, 6.45) is -0.0515. The molecule has 1 heterocycles. The molecule has 6 nitrogen and oxygen atoms in total. The first-order valence-electron chi connectivity index (χ1n) is 9.96. The summed E-state index contributed by atoms with van der Waals surface area (Å²) in [5.41, 5.74) is 3.26. The van der Waals surface area contributed by atoms with Crippen LogP contribution >= 0.6 is 23.2 Å². The standard InChI is InChI=1S/C22H28Cl2N4O2/c1-27(2)18-5-3-4-16(10-18)12-25-22(29)26-13-19-15-28(8-9-30-19)14-17-6-7-20(23)21(24)11-17/h3-7,10-11,19H,8-9,12-15H2,1-2H3,(H2,25,26,29). The van der Waals surface area contributed by atoms with Crippen molar-refractivity contribution in [2.45, 2.75) is 19.2 Å². The second-order valence-electron chi connectivity index (χ2n) is 7.60. The third-order valence-corrected chi connectivity index (χ3v) is 5.72. The zero-order chi connectivity index (χ0) is 21.5. The normalized spacial score (nSPS) is 16.9. The second kappa shape index (κ2) is 10.9. The van der Waals surface area contributed by atoms with Crippen LogP contribution in [0, 0.1) is 0 Å². The second-order valence-corrected chi connectivity index (χ2v) is 8.42. The number of halogens is 2. The van der Waals surface area contributed by atoms with Crippen molar-refractivity contribution in [3.63, 3.8) is 0 Å². The maximum atomic E-state index is 12.2. The highest BCUT2D eigenvalue weighted by molar-refractivity contribution is 6.42. The number of amides is 2. The molecular weight excluding hydrogens is 423 g/mol. The number of morpholine rings is 1. The van der Waals surface area contributed by atoms with Crippen LogP contribution in [0.15, 0.2) is 42.5 Å². The van der Waals surface area contributed by atoms with Gasteiger partial charge in [-0.25, -0.2) is 4.79 Å². The molecule has 1 saturated heterocycles. The fourth-order valence-corrected chi connectivity index (χ4v) is 3.66. The number of nitrogens with zero attached hydrogens (tertiary/aromatic N) is 2. The predicted molar refractivity (Wildman–Crippen MR) is 122 cm³/mol. The number of carbonyl (C=O) groups is 1. The van der Waals surface area contributed by atoms with Gasteiger partial charge in [0.15, 0.2) is 0 Å². The predicted octanol–water partition coefficient (Wildman–Crippen LogP) is 3.76. The van der Waals surface area contributed by atoms with Gasteiger partial charge in [-0.2, -0.15) is 0 Å². The molecule has 8 heteroatoms. The van der Waals surface area contributed by atoms with Crippen molar-refractivity contribution in [3.05, 3.63) is 63.6 Å². The van der Waals surface area contributed by atoms with Crippen LogP contribution in [0.25, 0.3) is 0 Å². The molecule has 0 radical (unpaired) electrons.